The zero-order valence-corrected chi connectivity index (χ0v) is 8.61. The Hall–Kier alpha value is -0.610. The van der Waals surface area contributed by atoms with Gasteiger partial charge in [0.25, 0.3) is 0 Å². The third-order valence-electron chi connectivity index (χ3n) is 3.26. The van der Waals surface area contributed by atoms with Crippen LogP contribution in [0.1, 0.15) is 13.3 Å². The number of hydrogen-bond acceptors (Lipinski definition) is 3. The molecule has 0 radical (unpaired) electrons. The van der Waals surface area contributed by atoms with E-state index in [1.165, 1.54) is 0 Å². The second-order valence-corrected chi connectivity index (χ2v) is 4.42. The minimum atomic E-state index is -0.367. The number of nitrogens with zero attached hydrogens (tertiary/aromatic N) is 1. The summed E-state index contributed by atoms with van der Waals surface area (Å²) in [6, 6.07) is -0.367. The van der Waals surface area contributed by atoms with Crippen molar-refractivity contribution in [2.24, 2.45) is 17.6 Å². The van der Waals surface area contributed by atoms with Gasteiger partial charge in [-0.05, 0) is 19.3 Å². The van der Waals surface area contributed by atoms with Gasteiger partial charge in [-0.2, -0.15) is 0 Å². The van der Waals surface area contributed by atoms with Crippen LogP contribution in [0.5, 0.6) is 0 Å². The zero-order valence-electron chi connectivity index (χ0n) is 8.61. The van der Waals surface area contributed by atoms with Gasteiger partial charge < -0.3 is 15.4 Å². The van der Waals surface area contributed by atoms with Crippen molar-refractivity contribution in [1.82, 2.24) is 4.90 Å². The topological polar surface area (TPSA) is 55.6 Å². The number of piperidine rings is 1. The molecule has 2 aliphatic rings. The van der Waals surface area contributed by atoms with Crippen LogP contribution in [0.4, 0.5) is 0 Å². The predicted molar refractivity (Wildman–Crippen MR) is 52.6 cm³/mol. The second kappa shape index (κ2) is 3.87. The monoisotopic (exact) mass is 198 g/mol. The van der Waals surface area contributed by atoms with Crippen molar-refractivity contribution in [2.75, 3.05) is 26.3 Å². The Kier molecular flexibility index (Phi) is 2.74. The molecular weight excluding hydrogens is 180 g/mol. The van der Waals surface area contributed by atoms with Gasteiger partial charge in [0.15, 0.2) is 0 Å². The molecule has 0 bridgehead atoms. The molecule has 80 valence electrons. The maximum absolute atomic E-state index is 11.6. The Morgan fingerprint density at radius 1 is 1.50 bits per heavy atom. The number of carbonyl (C=O) groups is 1. The van der Waals surface area contributed by atoms with E-state index in [0.717, 1.165) is 32.7 Å². The maximum atomic E-state index is 11.6. The number of amides is 1. The highest BCUT2D eigenvalue weighted by atomic mass is 16.5. The summed E-state index contributed by atoms with van der Waals surface area (Å²) < 4.78 is 5.41. The summed E-state index contributed by atoms with van der Waals surface area (Å²) in [5, 5.41) is 0. The van der Waals surface area contributed by atoms with E-state index in [4.69, 9.17) is 10.5 Å². The molecule has 0 spiro atoms. The molecule has 4 nitrogen and oxygen atoms in total. The lowest BCUT2D eigenvalue weighted by Gasteiger charge is -2.34. The Labute approximate surface area is 84.4 Å². The van der Waals surface area contributed by atoms with Gasteiger partial charge >= 0.3 is 0 Å². The Balaban J connectivity index is 1.94. The average Bonchev–Trinajstić information content (AvgIpc) is 2.62. The minimum Gasteiger partial charge on any atom is -0.381 e. The normalized spacial score (nSPS) is 34.0. The molecule has 2 rings (SSSR count). The van der Waals surface area contributed by atoms with Crippen LogP contribution in [0, 0.1) is 11.8 Å². The van der Waals surface area contributed by atoms with Gasteiger partial charge in [0.1, 0.15) is 0 Å². The lowest BCUT2D eigenvalue weighted by molar-refractivity contribution is -0.134. The first-order chi connectivity index (χ1) is 6.68. The molecule has 1 amide bonds. The lowest BCUT2D eigenvalue weighted by atomic mass is 9.88. The van der Waals surface area contributed by atoms with Crippen molar-refractivity contribution in [3.63, 3.8) is 0 Å². The molecule has 0 aromatic carbocycles. The molecule has 14 heavy (non-hydrogen) atoms. The van der Waals surface area contributed by atoms with E-state index in [2.05, 4.69) is 0 Å². The maximum Gasteiger partial charge on any atom is 0.239 e. The SMILES string of the molecule is C[C@H](N)C(=O)N1CC[C@@H]2COC[C@H]2C1. The number of likely N-dealkylation sites (tertiary alicyclic amines) is 1. The first-order valence-electron chi connectivity index (χ1n) is 5.30. The molecule has 2 aliphatic heterocycles. The summed E-state index contributed by atoms with van der Waals surface area (Å²) in [4.78, 5) is 13.5. The van der Waals surface area contributed by atoms with Crippen LogP contribution in [0.15, 0.2) is 0 Å². The molecule has 2 N–H and O–H groups in total. The number of hydrogen-bond donors (Lipinski definition) is 1. The molecule has 0 saturated carbocycles. The number of ether oxygens (including phenoxy) is 1. The summed E-state index contributed by atoms with van der Waals surface area (Å²) in [5.41, 5.74) is 5.58. The van der Waals surface area contributed by atoms with Crippen LogP contribution in [0.2, 0.25) is 0 Å². The van der Waals surface area contributed by atoms with Gasteiger partial charge in [-0.3, -0.25) is 4.79 Å². The van der Waals surface area contributed by atoms with Crippen molar-refractivity contribution in [3.8, 4) is 0 Å². The molecule has 4 heteroatoms. The quantitative estimate of drug-likeness (QED) is 0.636. The Morgan fingerprint density at radius 3 is 2.93 bits per heavy atom. The van der Waals surface area contributed by atoms with Gasteiger partial charge in [-0.15, -0.1) is 0 Å². The van der Waals surface area contributed by atoms with Crippen LogP contribution >= 0.6 is 0 Å². The fourth-order valence-corrected chi connectivity index (χ4v) is 2.35. The van der Waals surface area contributed by atoms with Gasteiger partial charge in [0.05, 0.1) is 12.6 Å². The number of carbonyl (C=O) groups excluding carboxylic acids is 1. The molecule has 3 atom stereocenters. The summed E-state index contributed by atoms with van der Waals surface area (Å²) >= 11 is 0. The van der Waals surface area contributed by atoms with E-state index in [1.54, 1.807) is 6.92 Å². The van der Waals surface area contributed by atoms with Crippen molar-refractivity contribution in [1.29, 1.82) is 0 Å². The van der Waals surface area contributed by atoms with Crippen LogP contribution in [-0.2, 0) is 9.53 Å². The van der Waals surface area contributed by atoms with E-state index in [9.17, 15) is 4.79 Å². The summed E-state index contributed by atoms with van der Waals surface area (Å²) in [5.74, 6) is 1.30. The number of nitrogens with two attached hydrogens (primary N) is 1. The highest BCUT2D eigenvalue weighted by Gasteiger charge is 2.35. The summed E-state index contributed by atoms with van der Waals surface area (Å²) in [6.45, 7) is 5.13. The third-order valence-corrected chi connectivity index (χ3v) is 3.26. The molecular formula is C10H18N2O2. The average molecular weight is 198 g/mol. The zero-order chi connectivity index (χ0) is 10.1. The molecule has 0 aromatic heterocycles. The fourth-order valence-electron chi connectivity index (χ4n) is 2.35. The molecule has 0 aliphatic carbocycles. The first kappa shape index (κ1) is 9.93. The Morgan fingerprint density at radius 2 is 2.21 bits per heavy atom. The van der Waals surface area contributed by atoms with Crippen molar-refractivity contribution in [3.05, 3.63) is 0 Å². The predicted octanol–water partition coefficient (Wildman–Crippen LogP) is -0.171. The highest BCUT2D eigenvalue weighted by Crippen LogP contribution is 2.29. The van der Waals surface area contributed by atoms with Crippen molar-refractivity contribution in [2.45, 2.75) is 19.4 Å². The minimum absolute atomic E-state index is 0.0790. The van der Waals surface area contributed by atoms with Crippen molar-refractivity contribution >= 4 is 5.91 Å². The molecule has 0 unspecified atom stereocenters. The lowest BCUT2D eigenvalue weighted by Crippen LogP contribution is -2.48. The number of rotatable bonds is 1. The van der Waals surface area contributed by atoms with Crippen LogP contribution < -0.4 is 5.73 Å². The van der Waals surface area contributed by atoms with Gasteiger partial charge in [-0.25, -0.2) is 0 Å². The van der Waals surface area contributed by atoms with Gasteiger partial charge in [-0.1, -0.05) is 0 Å². The van der Waals surface area contributed by atoms with E-state index in [-0.39, 0.29) is 11.9 Å². The van der Waals surface area contributed by atoms with E-state index in [0.29, 0.717) is 11.8 Å². The van der Waals surface area contributed by atoms with Crippen LogP contribution in [0.3, 0.4) is 0 Å². The third kappa shape index (κ3) is 1.77. The van der Waals surface area contributed by atoms with E-state index < -0.39 is 0 Å². The van der Waals surface area contributed by atoms with Crippen LogP contribution in [0.25, 0.3) is 0 Å². The first-order valence-corrected chi connectivity index (χ1v) is 5.30. The van der Waals surface area contributed by atoms with E-state index >= 15 is 0 Å². The molecule has 2 heterocycles. The summed E-state index contributed by atoms with van der Waals surface area (Å²) in [7, 11) is 0. The second-order valence-electron chi connectivity index (χ2n) is 4.42. The molecule has 0 aromatic rings. The van der Waals surface area contributed by atoms with Crippen molar-refractivity contribution < 1.29 is 9.53 Å². The molecule has 2 fully saturated rings. The molecule has 2 saturated heterocycles. The largest absolute Gasteiger partial charge is 0.381 e. The Bertz CT molecular complexity index is 230. The fraction of sp³-hybridized carbons (Fsp3) is 0.900. The standard InChI is InChI=1S/C10H18N2O2/c1-7(11)10(13)12-3-2-8-5-14-6-9(8)4-12/h7-9H,2-6,11H2,1H3/t7-,8+,9+/m0/s1. The van der Waals surface area contributed by atoms with Crippen LogP contribution in [-0.4, -0.2) is 43.2 Å². The van der Waals surface area contributed by atoms with Gasteiger partial charge in [0.2, 0.25) is 5.91 Å². The number of fused-ring (bicyclic) bond motifs is 1. The van der Waals surface area contributed by atoms with E-state index in [1.807, 2.05) is 4.90 Å². The highest BCUT2D eigenvalue weighted by molar-refractivity contribution is 5.81. The summed E-state index contributed by atoms with van der Waals surface area (Å²) in [6.07, 6.45) is 1.07. The van der Waals surface area contributed by atoms with Gasteiger partial charge in [0, 0.05) is 25.6 Å². The smallest absolute Gasteiger partial charge is 0.239 e.